The van der Waals surface area contributed by atoms with Crippen LogP contribution in [0.2, 0.25) is 0 Å². The number of ether oxygens (including phenoxy) is 1. The number of hydrogen-bond donors (Lipinski definition) is 1. The van der Waals surface area contributed by atoms with Crippen LogP contribution < -0.4 is 5.32 Å². The molecule has 3 rings (SSSR count). The fourth-order valence-corrected chi connectivity index (χ4v) is 3.66. The van der Waals surface area contributed by atoms with E-state index in [9.17, 15) is 9.18 Å². The number of nitrogens with one attached hydrogen (secondary N) is 1. The SMILES string of the molecule is O=C(Nc1ccccc1F)OC[C@@H]1CCCN2CCCC[C@H]12. The van der Waals surface area contributed by atoms with E-state index in [1.807, 2.05) is 0 Å². The first-order valence-corrected chi connectivity index (χ1v) is 8.16. The van der Waals surface area contributed by atoms with Gasteiger partial charge in [0.2, 0.25) is 0 Å². The number of fused-ring (bicyclic) bond motifs is 1. The number of rotatable bonds is 3. The second-order valence-corrected chi connectivity index (χ2v) is 6.20. The van der Waals surface area contributed by atoms with Gasteiger partial charge in [-0.1, -0.05) is 18.6 Å². The molecule has 120 valence electrons. The van der Waals surface area contributed by atoms with Crippen molar-refractivity contribution in [1.82, 2.24) is 4.90 Å². The zero-order valence-electron chi connectivity index (χ0n) is 12.8. The summed E-state index contributed by atoms with van der Waals surface area (Å²) in [6.45, 7) is 2.76. The molecule has 0 radical (unpaired) electrons. The third-order valence-corrected chi connectivity index (χ3v) is 4.77. The summed E-state index contributed by atoms with van der Waals surface area (Å²) in [7, 11) is 0. The molecule has 0 unspecified atom stereocenters. The molecule has 5 heteroatoms. The van der Waals surface area contributed by atoms with Crippen molar-refractivity contribution in [3.05, 3.63) is 30.1 Å². The second kappa shape index (κ2) is 7.09. The lowest BCUT2D eigenvalue weighted by molar-refractivity contribution is 0.0261. The Balaban J connectivity index is 1.51. The van der Waals surface area contributed by atoms with Crippen molar-refractivity contribution in [1.29, 1.82) is 0 Å². The van der Waals surface area contributed by atoms with Gasteiger partial charge in [0.25, 0.3) is 0 Å². The molecule has 1 amide bonds. The summed E-state index contributed by atoms with van der Waals surface area (Å²) in [6, 6.07) is 6.66. The van der Waals surface area contributed by atoms with Crippen LogP contribution in [0.25, 0.3) is 0 Å². The second-order valence-electron chi connectivity index (χ2n) is 6.20. The number of anilines is 1. The van der Waals surface area contributed by atoms with Crippen molar-refractivity contribution >= 4 is 11.8 Å². The number of para-hydroxylation sites is 1. The summed E-state index contributed by atoms with van der Waals surface area (Å²) >= 11 is 0. The lowest BCUT2D eigenvalue weighted by atomic mass is 9.84. The van der Waals surface area contributed by atoms with Crippen molar-refractivity contribution < 1.29 is 13.9 Å². The molecule has 2 aliphatic heterocycles. The molecule has 2 atom stereocenters. The summed E-state index contributed by atoms with van der Waals surface area (Å²) in [5.41, 5.74) is 0.162. The maximum atomic E-state index is 13.5. The van der Waals surface area contributed by atoms with E-state index >= 15 is 0 Å². The maximum absolute atomic E-state index is 13.5. The lowest BCUT2D eigenvalue weighted by Crippen LogP contribution is -2.49. The Morgan fingerprint density at radius 2 is 2.05 bits per heavy atom. The van der Waals surface area contributed by atoms with E-state index < -0.39 is 11.9 Å². The standard InChI is InChI=1S/C17H23FN2O2/c18-14-7-1-2-8-15(14)19-17(21)22-12-13-6-5-11-20-10-4-3-9-16(13)20/h1-2,7-8,13,16H,3-6,9-12H2,(H,19,21)/t13-,16+/m0/s1. The first kappa shape index (κ1) is 15.3. The summed E-state index contributed by atoms with van der Waals surface area (Å²) in [5.74, 6) is -0.0454. The van der Waals surface area contributed by atoms with Crippen LogP contribution in [0.1, 0.15) is 32.1 Å². The Hall–Kier alpha value is -1.62. The number of halogens is 1. The third kappa shape index (κ3) is 3.58. The molecule has 2 aliphatic rings. The minimum atomic E-state index is -0.571. The first-order valence-electron chi connectivity index (χ1n) is 8.16. The summed E-state index contributed by atoms with van der Waals surface area (Å²) in [6.07, 6.45) is 5.44. The van der Waals surface area contributed by atoms with Crippen LogP contribution in [-0.4, -0.2) is 36.7 Å². The fourth-order valence-electron chi connectivity index (χ4n) is 3.66. The average Bonchev–Trinajstić information content (AvgIpc) is 2.55. The van der Waals surface area contributed by atoms with Crippen molar-refractivity contribution in [3.8, 4) is 0 Å². The Morgan fingerprint density at radius 3 is 2.91 bits per heavy atom. The fraction of sp³-hybridized carbons (Fsp3) is 0.588. The smallest absolute Gasteiger partial charge is 0.411 e. The monoisotopic (exact) mass is 306 g/mol. The Labute approximate surface area is 130 Å². The van der Waals surface area contributed by atoms with Crippen molar-refractivity contribution in [2.45, 2.75) is 38.1 Å². The van der Waals surface area contributed by atoms with E-state index in [0.717, 1.165) is 6.42 Å². The highest BCUT2D eigenvalue weighted by Crippen LogP contribution is 2.31. The van der Waals surface area contributed by atoms with Crippen LogP contribution in [0.5, 0.6) is 0 Å². The molecule has 0 bridgehead atoms. The summed E-state index contributed by atoms with van der Waals surface area (Å²) in [4.78, 5) is 14.4. The van der Waals surface area contributed by atoms with Gasteiger partial charge in [-0.2, -0.15) is 0 Å². The highest BCUT2D eigenvalue weighted by Gasteiger charge is 2.33. The van der Waals surface area contributed by atoms with Gasteiger partial charge in [0, 0.05) is 12.0 Å². The van der Waals surface area contributed by atoms with Crippen molar-refractivity contribution in [3.63, 3.8) is 0 Å². The van der Waals surface area contributed by atoms with Gasteiger partial charge in [-0.05, 0) is 50.9 Å². The molecule has 2 heterocycles. The number of nitrogens with zero attached hydrogens (tertiary/aromatic N) is 1. The number of carbonyl (C=O) groups is 1. The van der Waals surface area contributed by atoms with Crippen LogP contribution >= 0.6 is 0 Å². The third-order valence-electron chi connectivity index (χ3n) is 4.77. The molecule has 22 heavy (non-hydrogen) atoms. The molecule has 1 aromatic rings. The van der Waals surface area contributed by atoms with Gasteiger partial charge in [-0.25, -0.2) is 9.18 Å². The van der Waals surface area contributed by atoms with Gasteiger partial charge in [-0.15, -0.1) is 0 Å². The van der Waals surface area contributed by atoms with E-state index in [0.29, 0.717) is 18.6 Å². The number of piperidine rings is 2. The van der Waals surface area contributed by atoms with Crippen molar-refractivity contribution in [2.24, 2.45) is 5.92 Å². The number of benzene rings is 1. The number of hydrogen-bond acceptors (Lipinski definition) is 3. The van der Waals surface area contributed by atoms with E-state index in [-0.39, 0.29) is 5.69 Å². The molecule has 0 spiro atoms. The van der Waals surface area contributed by atoms with E-state index in [2.05, 4.69) is 10.2 Å². The topological polar surface area (TPSA) is 41.6 Å². The van der Waals surface area contributed by atoms with Crippen LogP contribution in [-0.2, 0) is 4.74 Å². The minimum Gasteiger partial charge on any atom is -0.449 e. The van der Waals surface area contributed by atoms with E-state index in [1.54, 1.807) is 12.1 Å². The average molecular weight is 306 g/mol. The summed E-state index contributed by atoms with van der Waals surface area (Å²) < 4.78 is 18.8. The van der Waals surface area contributed by atoms with Crippen LogP contribution in [0, 0.1) is 11.7 Å². The van der Waals surface area contributed by atoms with Gasteiger partial charge in [-0.3, -0.25) is 10.2 Å². The number of amides is 1. The molecule has 2 fully saturated rings. The van der Waals surface area contributed by atoms with Crippen LogP contribution in [0.15, 0.2) is 24.3 Å². The van der Waals surface area contributed by atoms with E-state index in [1.165, 1.54) is 50.9 Å². The Morgan fingerprint density at radius 1 is 1.23 bits per heavy atom. The molecule has 0 aliphatic carbocycles. The maximum Gasteiger partial charge on any atom is 0.411 e. The largest absolute Gasteiger partial charge is 0.449 e. The van der Waals surface area contributed by atoms with E-state index in [4.69, 9.17) is 4.74 Å². The molecular formula is C17H23FN2O2. The van der Waals surface area contributed by atoms with Crippen LogP contribution in [0.4, 0.5) is 14.9 Å². The van der Waals surface area contributed by atoms with Gasteiger partial charge in [0.05, 0.1) is 12.3 Å². The lowest BCUT2D eigenvalue weighted by Gasteiger charge is -2.44. The van der Waals surface area contributed by atoms with Gasteiger partial charge >= 0.3 is 6.09 Å². The van der Waals surface area contributed by atoms with Gasteiger partial charge in [0.1, 0.15) is 5.82 Å². The van der Waals surface area contributed by atoms with Crippen molar-refractivity contribution in [2.75, 3.05) is 25.0 Å². The predicted octanol–water partition coefficient (Wildman–Crippen LogP) is 3.64. The van der Waals surface area contributed by atoms with Gasteiger partial charge in [0.15, 0.2) is 0 Å². The molecule has 2 saturated heterocycles. The number of carbonyl (C=O) groups excluding carboxylic acids is 1. The highest BCUT2D eigenvalue weighted by molar-refractivity contribution is 5.84. The minimum absolute atomic E-state index is 0.162. The molecule has 0 aromatic heterocycles. The Kier molecular flexibility index (Phi) is 4.93. The first-order chi connectivity index (χ1) is 10.7. The molecular weight excluding hydrogens is 283 g/mol. The predicted molar refractivity (Wildman–Crippen MR) is 83.3 cm³/mol. The molecule has 4 nitrogen and oxygen atoms in total. The quantitative estimate of drug-likeness (QED) is 0.927. The zero-order chi connectivity index (χ0) is 15.4. The Bertz CT molecular complexity index is 521. The zero-order valence-corrected chi connectivity index (χ0v) is 12.8. The van der Waals surface area contributed by atoms with Gasteiger partial charge < -0.3 is 4.74 Å². The normalized spacial score (nSPS) is 25.3. The summed E-state index contributed by atoms with van der Waals surface area (Å²) in [5, 5.41) is 2.47. The molecule has 1 aromatic carbocycles. The molecule has 1 N–H and O–H groups in total. The highest BCUT2D eigenvalue weighted by atomic mass is 19.1. The van der Waals surface area contributed by atoms with Crippen LogP contribution in [0.3, 0.4) is 0 Å². The molecule has 0 saturated carbocycles.